The summed E-state index contributed by atoms with van der Waals surface area (Å²) in [6.07, 6.45) is 0. The second-order valence-corrected chi connectivity index (χ2v) is 10.0. The Hall–Kier alpha value is -2.35. The third-order valence-electron chi connectivity index (χ3n) is 4.36. The second kappa shape index (κ2) is 7.72. The zero-order valence-electron chi connectivity index (χ0n) is 16.6. The molecule has 1 aromatic carbocycles. The number of benzene rings is 1. The first-order chi connectivity index (χ1) is 12.5. The monoisotopic (exact) mass is 393 g/mol. The van der Waals surface area contributed by atoms with Gasteiger partial charge in [0.25, 0.3) is 0 Å². The Balaban J connectivity index is 2.24. The number of nitrogens with zero attached hydrogens (tertiary/aromatic N) is 1. The molecule has 0 atom stereocenters. The average molecular weight is 394 g/mol. The summed E-state index contributed by atoms with van der Waals surface area (Å²) in [6.45, 7) is 8.29. The van der Waals surface area contributed by atoms with Crippen molar-refractivity contribution in [1.29, 1.82) is 0 Å². The number of imidazole rings is 1. The van der Waals surface area contributed by atoms with Crippen molar-refractivity contribution in [2.24, 2.45) is 5.92 Å². The van der Waals surface area contributed by atoms with Gasteiger partial charge in [0.15, 0.2) is 9.84 Å². The summed E-state index contributed by atoms with van der Waals surface area (Å²) in [7, 11) is -2.01. The summed E-state index contributed by atoms with van der Waals surface area (Å²) in [6, 6.07) is 7.38. The van der Waals surface area contributed by atoms with Gasteiger partial charge in [-0.05, 0) is 51.0 Å². The van der Waals surface area contributed by atoms with Gasteiger partial charge in [-0.1, -0.05) is 13.8 Å². The maximum Gasteiger partial charge on any atom is 0.247 e. The van der Waals surface area contributed by atoms with E-state index in [-0.39, 0.29) is 17.6 Å². The number of sulfone groups is 1. The van der Waals surface area contributed by atoms with E-state index in [1.165, 1.54) is 13.8 Å². The van der Waals surface area contributed by atoms with Crippen LogP contribution < -0.4 is 10.1 Å². The lowest BCUT2D eigenvalue weighted by atomic mass is 10.1. The molecule has 2 rings (SSSR count). The maximum atomic E-state index is 12.6. The predicted octanol–water partition coefficient (Wildman–Crippen LogP) is 3.18. The largest absolute Gasteiger partial charge is 0.497 e. The molecule has 0 spiro atoms. The Labute approximate surface area is 160 Å². The number of H-pyrrole nitrogens is 1. The molecule has 0 saturated carbocycles. The fourth-order valence-electron chi connectivity index (χ4n) is 2.60. The fraction of sp³-hybridized carbons (Fsp3) is 0.474. The van der Waals surface area contributed by atoms with Gasteiger partial charge < -0.3 is 9.72 Å². The summed E-state index contributed by atoms with van der Waals surface area (Å²) in [4.78, 5) is 20.0. The van der Waals surface area contributed by atoms with Crippen LogP contribution >= 0.6 is 0 Å². The van der Waals surface area contributed by atoms with E-state index in [2.05, 4.69) is 15.3 Å². The minimum absolute atomic E-state index is 0.0539. The Morgan fingerprint density at radius 1 is 1.26 bits per heavy atom. The highest BCUT2D eigenvalue weighted by Crippen LogP contribution is 2.26. The molecule has 1 aromatic heterocycles. The molecule has 0 aliphatic heterocycles. The molecule has 8 heteroatoms. The van der Waals surface area contributed by atoms with Crippen LogP contribution in [0.25, 0.3) is 11.3 Å². The third kappa shape index (κ3) is 4.50. The number of ether oxygens (including phenoxy) is 1. The van der Waals surface area contributed by atoms with E-state index in [0.29, 0.717) is 5.69 Å². The second-order valence-electron chi connectivity index (χ2n) is 7.43. The standard InChI is InChI=1S/C19H27N3O4S/c1-12(2)11-27(24,25)19(4,5)17(23)22-18-20-13(3)16(21-18)14-7-9-15(26-6)10-8-14/h7-10,12H,11H2,1-6H3,(H2,20,21,22,23). The van der Waals surface area contributed by atoms with Gasteiger partial charge in [-0.2, -0.15) is 0 Å². The molecule has 0 saturated heterocycles. The van der Waals surface area contributed by atoms with E-state index < -0.39 is 20.5 Å². The number of methoxy groups -OCH3 is 1. The number of amides is 1. The quantitative estimate of drug-likeness (QED) is 0.752. The van der Waals surface area contributed by atoms with Gasteiger partial charge in [0.05, 0.1) is 18.6 Å². The SMILES string of the molecule is COc1ccc(-c2nc(NC(=O)C(C)(C)S(=O)(=O)CC(C)C)[nH]c2C)cc1. The van der Waals surface area contributed by atoms with Gasteiger partial charge in [0.2, 0.25) is 11.9 Å². The Bertz CT molecular complexity index is 913. The van der Waals surface area contributed by atoms with Gasteiger partial charge in [-0.3, -0.25) is 10.1 Å². The Morgan fingerprint density at radius 3 is 2.37 bits per heavy atom. The minimum atomic E-state index is -3.61. The number of hydrogen-bond acceptors (Lipinski definition) is 5. The average Bonchev–Trinajstić information content (AvgIpc) is 2.93. The number of aryl methyl sites for hydroxylation is 1. The molecule has 0 bridgehead atoms. The molecule has 0 aliphatic carbocycles. The van der Waals surface area contributed by atoms with Crippen molar-refractivity contribution in [3.63, 3.8) is 0 Å². The third-order valence-corrected chi connectivity index (χ3v) is 7.20. The zero-order valence-corrected chi connectivity index (χ0v) is 17.4. The van der Waals surface area contributed by atoms with Crippen LogP contribution in [0.4, 0.5) is 5.95 Å². The van der Waals surface area contributed by atoms with Crippen LogP contribution in [-0.2, 0) is 14.6 Å². The van der Waals surface area contributed by atoms with Crippen LogP contribution in [0.2, 0.25) is 0 Å². The normalized spacial score (nSPS) is 12.3. The van der Waals surface area contributed by atoms with Crippen molar-refractivity contribution in [2.45, 2.75) is 39.4 Å². The molecule has 2 aromatic rings. The van der Waals surface area contributed by atoms with Crippen LogP contribution in [-0.4, -0.2) is 41.9 Å². The maximum absolute atomic E-state index is 12.6. The number of aromatic amines is 1. The van der Waals surface area contributed by atoms with Gasteiger partial charge >= 0.3 is 0 Å². The summed E-state index contributed by atoms with van der Waals surface area (Å²) >= 11 is 0. The minimum Gasteiger partial charge on any atom is -0.497 e. The molecular weight excluding hydrogens is 366 g/mol. The Kier molecular flexibility index (Phi) is 5.99. The van der Waals surface area contributed by atoms with Crippen molar-refractivity contribution in [2.75, 3.05) is 18.2 Å². The van der Waals surface area contributed by atoms with Gasteiger partial charge in [0.1, 0.15) is 10.5 Å². The first-order valence-corrected chi connectivity index (χ1v) is 10.4. The first kappa shape index (κ1) is 21.0. The number of hydrogen-bond donors (Lipinski definition) is 2. The number of nitrogens with one attached hydrogen (secondary N) is 2. The van der Waals surface area contributed by atoms with E-state index in [4.69, 9.17) is 4.74 Å². The molecule has 2 N–H and O–H groups in total. The lowest BCUT2D eigenvalue weighted by molar-refractivity contribution is -0.117. The van der Waals surface area contributed by atoms with E-state index >= 15 is 0 Å². The predicted molar refractivity (Wildman–Crippen MR) is 107 cm³/mol. The molecule has 1 heterocycles. The number of carbonyl (C=O) groups is 1. The summed E-state index contributed by atoms with van der Waals surface area (Å²) in [5.41, 5.74) is 2.30. The van der Waals surface area contributed by atoms with E-state index in [9.17, 15) is 13.2 Å². The van der Waals surface area contributed by atoms with Crippen molar-refractivity contribution in [1.82, 2.24) is 9.97 Å². The number of carbonyl (C=O) groups excluding carboxylic acids is 1. The Morgan fingerprint density at radius 2 is 1.85 bits per heavy atom. The van der Waals surface area contributed by atoms with Gasteiger partial charge in [-0.25, -0.2) is 13.4 Å². The number of aromatic nitrogens is 2. The summed E-state index contributed by atoms with van der Waals surface area (Å²) in [5, 5.41) is 2.61. The van der Waals surface area contributed by atoms with E-state index in [1.807, 2.05) is 45.0 Å². The highest BCUT2D eigenvalue weighted by atomic mass is 32.2. The van der Waals surface area contributed by atoms with Crippen LogP contribution in [0.5, 0.6) is 5.75 Å². The molecule has 1 amide bonds. The van der Waals surface area contributed by atoms with E-state index in [1.54, 1.807) is 7.11 Å². The molecule has 0 unspecified atom stereocenters. The van der Waals surface area contributed by atoms with E-state index in [0.717, 1.165) is 17.0 Å². The topological polar surface area (TPSA) is 101 Å². The van der Waals surface area contributed by atoms with Crippen LogP contribution in [0.1, 0.15) is 33.4 Å². The molecule has 7 nitrogen and oxygen atoms in total. The molecule has 0 radical (unpaired) electrons. The van der Waals surface area contributed by atoms with Crippen LogP contribution in [0.15, 0.2) is 24.3 Å². The summed E-state index contributed by atoms with van der Waals surface area (Å²) < 4.78 is 28.7. The molecular formula is C19H27N3O4S. The lowest BCUT2D eigenvalue weighted by Gasteiger charge is -2.24. The molecule has 0 aliphatic rings. The molecule has 0 fully saturated rings. The van der Waals surface area contributed by atoms with Gasteiger partial charge in [0, 0.05) is 11.3 Å². The fourth-order valence-corrected chi connectivity index (χ4v) is 4.22. The first-order valence-electron chi connectivity index (χ1n) is 8.72. The smallest absolute Gasteiger partial charge is 0.247 e. The lowest BCUT2D eigenvalue weighted by Crippen LogP contribution is -2.46. The summed E-state index contributed by atoms with van der Waals surface area (Å²) in [5.74, 6) is 0.225. The van der Waals surface area contributed by atoms with Crippen molar-refractivity contribution < 1.29 is 17.9 Å². The zero-order chi connectivity index (χ0) is 20.4. The number of anilines is 1. The van der Waals surface area contributed by atoms with Crippen LogP contribution in [0, 0.1) is 12.8 Å². The van der Waals surface area contributed by atoms with Gasteiger partial charge in [-0.15, -0.1) is 0 Å². The van der Waals surface area contributed by atoms with Crippen molar-refractivity contribution in [3.8, 4) is 17.0 Å². The van der Waals surface area contributed by atoms with Crippen molar-refractivity contribution in [3.05, 3.63) is 30.0 Å². The van der Waals surface area contributed by atoms with Crippen molar-refractivity contribution >= 4 is 21.7 Å². The molecule has 27 heavy (non-hydrogen) atoms. The number of rotatable bonds is 7. The molecule has 148 valence electrons. The van der Waals surface area contributed by atoms with Crippen LogP contribution in [0.3, 0.4) is 0 Å². The highest BCUT2D eigenvalue weighted by molar-refractivity contribution is 7.93. The highest BCUT2D eigenvalue weighted by Gasteiger charge is 2.42.